The maximum atomic E-state index is 12.8. The second kappa shape index (κ2) is 14.2. The Kier molecular flexibility index (Phi) is 12.9. The fourth-order valence-corrected chi connectivity index (χ4v) is 2.72. The summed E-state index contributed by atoms with van der Waals surface area (Å²) in [4.78, 5) is 52.8. The normalized spacial score (nSPS) is 15.6. The number of hydrogen-bond donors (Lipinski definition) is 7. The van der Waals surface area contributed by atoms with Crippen LogP contribution in [-0.2, 0) is 19.2 Å². The Morgan fingerprint density at radius 3 is 2.00 bits per heavy atom. The molecule has 12 nitrogen and oxygen atoms in total. The lowest BCUT2D eigenvalue weighted by Gasteiger charge is -2.25. The van der Waals surface area contributed by atoms with Gasteiger partial charge in [0, 0.05) is 6.54 Å². The summed E-state index contributed by atoms with van der Waals surface area (Å²) in [6.07, 6.45) is 1.29. The first-order valence-corrected chi connectivity index (χ1v) is 10.8. The Balaban J connectivity index is 5.23. The molecular formula is C20H39N7O5. The number of nitrogens with two attached hydrogens (primary N) is 3. The topological polar surface area (TPSA) is 215 Å². The quantitative estimate of drug-likeness (QED) is 0.0935. The molecule has 0 heterocycles. The first-order valence-electron chi connectivity index (χ1n) is 10.8. The average Bonchev–Trinajstić information content (AvgIpc) is 2.71. The summed E-state index contributed by atoms with van der Waals surface area (Å²) in [5, 5.41) is 16.8. The van der Waals surface area contributed by atoms with Crippen molar-refractivity contribution in [3.8, 4) is 0 Å². The van der Waals surface area contributed by atoms with E-state index in [-0.39, 0.29) is 30.8 Å². The van der Waals surface area contributed by atoms with Gasteiger partial charge in [0.25, 0.3) is 0 Å². The molecule has 0 bridgehead atoms. The fourth-order valence-electron chi connectivity index (χ4n) is 2.72. The molecule has 0 radical (unpaired) electrons. The molecule has 0 saturated heterocycles. The molecule has 0 aliphatic rings. The summed E-state index contributed by atoms with van der Waals surface area (Å²) in [6, 6.07) is -3.88. The van der Waals surface area contributed by atoms with E-state index in [4.69, 9.17) is 17.2 Å². The third-order valence-corrected chi connectivity index (χ3v) is 5.12. The van der Waals surface area contributed by atoms with Crippen LogP contribution in [0.4, 0.5) is 0 Å². The minimum atomic E-state index is -1.17. The van der Waals surface area contributed by atoms with Crippen LogP contribution in [0.3, 0.4) is 0 Å². The number of hydrogen-bond acceptors (Lipinski definition) is 6. The van der Waals surface area contributed by atoms with E-state index in [0.717, 1.165) is 0 Å². The molecule has 5 unspecified atom stereocenters. The van der Waals surface area contributed by atoms with Crippen LogP contribution in [0.1, 0.15) is 53.9 Å². The van der Waals surface area contributed by atoms with Crippen LogP contribution in [0.25, 0.3) is 0 Å². The van der Waals surface area contributed by atoms with Crippen molar-refractivity contribution < 1.29 is 24.3 Å². The molecular weight excluding hydrogens is 418 g/mol. The summed E-state index contributed by atoms with van der Waals surface area (Å²) in [7, 11) is 0. The van der Waals surface area contributed by atoms with Crippen molar-refractivity contribution in [1.29, 1.82) is 0 Å². The Bertz CT molecular complexity index is 679. The van der Waals surface area contributed by atoms with E-state index >= 15 is 0 Å². The lowest BCUT2D eigenvalue weighted by molar-refractivity contribution is -0.143. The summed E-state index contributed by atoms with van der Waals surface area (Å²) in [5.74, 6) is -3.42. The van der Waals surface area contributed by atoms with Gasteiger partial charge in [0.1, 0.15) is 18.1 Å². The van der Waals surface area contributed by atoms with Crippen molar-refractivity contribution in [2.45, 2.75) is 78.0 Å². The van der Waals surface area contributed by atoms with Gasteiger partial charge >= 0.3 is 5.97 Å². The maximum Gasteiger partial charge on any atom is 0.326 e. The molecule has 0 rings (SSSR count). The number of carboxylic acids is 1. The standard InChI is InChI=1S/C20H39N7O5/c1-6-11(4)14(21)18(30)26-13(8-7-9-24-20(22)23)17(29)25-12(5)16(28)27-15(10(2)3)19(31)32/h10-15H,6-9,21H2,1-5H3,(H,25,29)(H,26,30)(H,27,28)(H,31,32)(H4,22,23,24). The highest BCUT2D eigenvalue weighted by molar-refractivity contribution is 5.94. The molecule has 10 N–H and O–H groups in total. The summed E-state index contributed by atoms with van der Waals surface area (Å²) in [6.45, 7) is 8.73. The van der Waals surface area contributed by atoms with Crippen molar-refractivity contribution in [1.82, 2.24) is 16.0 Å². The number of carbonyl (C=O) groups is 4. The second-order valence-electron chi connectivity index (χ2n) is 8.22. The monoisotopic (exact) mass is 457 g/mol. The SMILES string of the molecule is CCC(C)C(N)C(=O)NC(CCCN=C(N)N)C(=O)NC(C)C(=O)NC(C(=O)O)C(C)C. The summed E-state index contributed by atoms with van der Waals surface area (Å²) < 4.78 is 0. The highest BCUT2D eigenvalue weighted by atomic mass is 16.4. The smallest absolute Gasteiger partial charge is 0.326 e. The van der Waals surface area contributed by atoms with Crippen molar-refractivity contribution in [2.24, 2.45) is 34.0 Å². The molecule has 3 amide bonds. The molecule has 0 spiro atoms. The minimum Gasteiger partial charge on any atom is -0.480 e. The van der Waals surface area contributed by atoms with Gasteiger partial charge in [-0.2, -0.15) is 0 Å². The van der Waals surface area contributed by atoms with Crippen molar-refractivity contribution in [3.05, 3.63) is 0 Å². The van der Waals surface area contributed by atoms with Crippen LogP contribution in [0.15, 0.2) is 4.99 Å². The van der Waals surface area contributed by atoms with Gasteiger partial charge in [-0.25, -0.2) is 4.79 Å². The molecule has 0 aliphatic carbocycles. The lowest BCUT2D eigenvalue weighted by atomic mass is 9.98. The zero-order chi connectivity index (χ0) is 25.0. The van der Waals surface area contributed by atoms with Gasteiger partial charge in [0.05, 0.1) is 6.04 Å². The number of carbonyl (C=O) groups excluding carboxylic acids is 3. The number of guanidine groups is 1. The molecule has 12 heteroatoms. The van der Waals surface area contributed by atoms with E-state index in [1.165, 1.54) is 6.92 Å². The summed E-state index contributed by atoms with van der Waals surface area (Å²) >= 11 is 0. The molecule has 0 saturated carbocycles. The van der Waals surface area contributed by atoms with E-state index in [1.807, 2.05) is 13.8 Å². The van der Waals surface area contributed by atoms with Gasteiger partial charge in [-0.05, 0) is 31.6 Å². The van der Waals surface area contributed by atoms with Gasteiger partial charge in [0.15, 0.2) is 5.96 Å². The molecule has 0 aromatic rings. The first kappa shape index (κ1) is 29.1. The van der Waals surface area contributed by atoms with Gasteiger partial charge < -0.3 is 38.3 Å². The van der Waals surface area contributed by atoms with Crippen LogP contribution in [-0.4, -0.2) is 65.5 Å². The molecule has 0 aliphatic heterocycles. The third-order valence-electron chi connectivity index (χ3n) is 5.12. The number of aliphatic carboxylic acids is 1. The number of rotatable bonds is 14. The molecule has 0 aromatic heterocycles. The largest absolute Gasteiger partial charge is 0.480 e. The number of aliphatic imine (C=N–C) groups is 1. The van der Waals surface area contributed by atoms with Gasteiger partial charge in [-0.15, -0.1) is 0 Å². The van der Waals surface area contributed by atoms with Gasteiger partial charge in [-0.3, -0.25) is 19.4 Å². The van der Waals surface area contributed by atoms with E-state index in [2.05, 4.69) is 20.9 Å². The third kappa shape index (κ3) is 10.4. The number of amides is 3. The molecule has 184 valence electrons. The van der Waals surface area contributed by atoms with Crippen molar-refractivity contribution in [3.63, 3.8) is 0 Å². The van der Waals surface area contributed by atoms with Crippen LogP contribution in [0.5, 0.6) is 0 Å². The average molecular weight is 458 g/mol. The molecule has 0 aromatic carbocycles. The minimum absolute atomic E-state index is 0.0859. The number of nitrogens with one attached hydrogen (secondary N) is 3. The maximum absolute atomic E-state index is 12.8. The second-order valence-corrected chi connectivity index (χ2v) is 8.22. The van der Waals surface area contributed by atoms with Gasteiger partial charge in [-0.1, -0.05) is 34.1 Å². The van der Waals surface area contributed by atoms with E-state index in [9.17, 15) is 24.3 Å². The molecule has 32 heavy (non-hydrogen) atoms. The first-order chi connectivity index (χ1) is 14.8. The zero-order valence-electron chi connectivity index (χ0n) is 19.6. The fraction of sp³-hybridized carbons (Fsp3) is 0.750. The Morgan fingerprint density at radius 2 is 1.53 bits per heavy atom. The predicted octanol–water partition coefficient (Wildman–Crippen LogP) is -1.37. The molecule has 5 atom stereocenters. The summed E-state index contributed by atoms with van der Waals surface area (Å²) in [5.41, 5.74) is 16.5. The zero-order valence-corrected chi connectivity index (χ0v) is 19.6. The lowest BCUT2D eigenvalue weighted by Crippen LogP contribution is -2.57. The van der Waals surface area contributed by atoms with Crippen LogP contribution >= 0.6 is 0 Å². The van der Waals surface area contributed by atoms with E-state index in [1.54, 1.807) is 13.8 Å². The molecule has 0 fully saturated rings. The van der Waals surface area contributed by atoms with E-state index in [0.29, 0.717) is 12.8 Å². The highest BCUT2D eigenvalue weighted by Gasteiger charge is 2.29. The number of carboxylic acid groups (broad SMARTS) is 1. The van der Waals surface area contributed by atoms with Crippen LogP contribution in [0, 0.1) is 11.8 Å². The van der Waals surface area contributed by atoms with Crippen molar-refractivity contribution in [2.75, 3.05) is 6.54 Å². The van der Waals surface area contributed by atoms with Crippen molar-refractivity contribution >= 4 is 29.7 Å². The van der Waals surface area contributed by atoms with Crippen LogP contribution < -0.4 is 33.2 Å². The van der Waals surface area contributed by atoms with Gasteiger partial charge in [0.2, 0.25) is 17.7 Å². The van der Waals surface area contributed by atoms with Crippen LogP contribution in [0.2, 0.25) is 0 Å². The Labute approximate surface area is 189 Å². The van der Waals surface area contributed by atoms with E-state index < -0.39 is 47.9 Å². The predicted molar refractivity (Wildman–Crippen MR) is 121 cm³/mol. The highest BCUT2D eigenvalue weighted by Crippen LogP contribution is 2.07. The Morgan fingerprint density at radius 1 is 0.938 bits per heavy atom. The Hall–Kier alpha value is -2.89. The number of nitrogens with zero attached hydrogens (tertiary/aromatic N) is 1.